The smallest absolute Gasteiger partial charge is 0.265 e. The number of hydrogen-bond donors (Lipinski definition) is 3. The Bertz CT molecular complexity index is 1110. The summed E-state index contributed by atoms with van der Waals surface area (Å²) in [6, 6.07) is 16.4. The van der Waals surface area contributed by atoms with E-state index in [2.05, 4.69) is 10.6 Å². The maximum atomic E-state index is 12.7. The summed E-state index contributed by atoms with van der Waals surface area (Å²) in [5, 5.41) is 16.1. The minimum atomic E-state index is -0.817. The van der Waals surface area contributed by atoms with Crippen LogP contribution in [0.5, 0.6) is 17.2 Å². The van der Waals surface area contributed by atoms with Gasteiger partial charge in [0.05, 0.1) is 16.4 Å². The summed E-state index contributed by atoms with van der Waals surface area (Å²) in [6.07, 6.45) is -0.817. The normalized spacial score (nSPS) is 11.5. The molecule has 1 unspecified atom stereocenters. The van der Waals surface area contributed by atoms with Crippen molar-refractivity contribution in [2.24, 2.45) is 0 Å². The first-order valence-corrected chi connectivity index (χ1v) is 10.7. The van der Waals surface area contributed by atoms with Gasteiger partial charge in [-0.2, -0.15) is 0 Å². The number of carbonyl (C=O) groups excluding carboxylic acids is 1. The number of phenolic OH excluding ortho intramolecular Hbond substituents is 1. The Morgan fingerprint density at radius 3 is 2.50 bits per heavy atom. The summed E-state index contributed by atoms with van der Waals surface area (Å²) in [4.78, 5) is 12.7. The van der Waals surface area contributed by atoms with Crippen molar-refractivity contribution >= 4 is 40.5 Å². The number of halogens is 2. The third-order valence-electron chi connectivity index (χ3n) is 4.69. The van der Waals surface area contributed by atoms with Crippen molar-refractivity contribution in [3.8, 4) is 17.2 Å². The summed E-state index contributed by atoms with van der Waals surface area (Å²) in [5.41, 5.74) is 2.39. The fraction of sp³-hybridized carbons (Fsp3) is 0.208. The van der Waals surface area contributed by atoms with Crippen LogP contribution in [0.25, 0.3) is 0 Å². The lowest BCUT2D eigenvalue weighted by molar-refractivity contribution is -0.122. The number of rotatable bonds is 8. The van der Waals surface area contributed by atoms with Crippen molar-refractivity contribution in [2.45, 2.75) is 26.9 Å². The lowest BCUT2D eigenvalue weighted by Crippen LogP contribution is -2.30. The van der Waals surface area contributed by atoms with Crippen LogP contribution in [0, 0.1) is 13.8 Å². The SMILES string of the molecule is Cc1ccc(OC(C)C(=O)Nc2c(Cl)cc(NCOc3ccccc3)c(O)c2Cl)c(C)c1. The van der Waals surface area contributed by atoms with Crippen LogP contribution in [0.4, 0.5) is 11.4 Å². The predicted octanol–water partition coefficient (Wildman–Crippen LogP) is 6.17. The van der Waals surface area contributed by atoms with Gasteiger partial charge in [-0.25, -0.2) is 0 Å². The molecule has 0 aliphatic carbocycles. The van der Waals surface area contributed by atoms with Gasteiger partial charge in [-0.05, 0) is 50.6 Å². The van der Waals surface area contributed by atoms with E-state index in [9.17, 15) is 9.90 Å². The summed E-state index contributed by atoms with van der Waals surface area (Å²) in [5.74, 6) is 0.557. The van der Waals surface area contributed by atoms with Crippen molar-refractivity contribution in [3.63, 3.8) is 0 Å². The molecule has 0 bridgehead atoms. The highest BCUT2D eigenvalue weighted by molar-refractivity contribution is 6.41. The number of nitrogens with one attached hydrogen (secondary N) is 2. The first kappa shape index (κ1) is 23.6. The fourth-order valence-corrected chi connectivity index (χ4v) is 3.52. The van der Waals surface area contributed by atoms with Crippen LogP contribution in [0.3, 0.4) is 0 Å². The zero-order valence-corrected chi connectivity index (χ0v) is 19.4. The van der Waals surface area contributed by atoms with E-state index in [0.29, 0.717) is 11.5 Å². The average Bonchev–Trinajstić information content (AvgIpc) is 2.77. The predicted molar refractivity (Wildman–Crippen MR) is 128 cm³/mol. The van der Waals surface area contributed by atoms with E-state index in [0.717, 1.165) is 11.1 Å². The largest absolute Gasteiger partial charge is 0.504 e. The van der Waals surface area contributed by atoms with E-state index in [1.165, 1.54) is 6.07 Å². The number of anilines is 2. The van der Waals surface area contributed by atoms with Crippen LogP contribution in [0.1, 0.15) is 18.1 Å². The molecule has 0 aromatic heterocycles. The Morgan fingerprint density at radius 1 is 1.09 bits per heavy atom. The van der Waals surface area contributed by atoms with Gasteiger partial charge in [0.15, 0.2) is 18.6 Å². The molecule has 0 saturated heterocycles. The maximum absolute atomic E-state index is 12.7. The molecule has 32 heavy (non-hydrogen) atoms. The summed E-state index contributed by atoms with van der Waals surface area (Å²) < 4.78 is 11.3. The van der Waals surface area contributed by atoms with Crippen LogP contribution in [0.2, 0.25) is 10.0 Å². The third kappa shape index (κ3) is 5.78. The number of aromatic hydroxyl groups is 1. The standard InChI is InChI=1S/C24H24Cl2N2O4/c1-14-9-10-20(15(2)11-14)32-16(3)24(30)28-22-18(25)12-19(23(29)21(22)26)27-13-31-17-7-5-4-6-8-17/h4-12,16,27,29H,13H2,1-3H3,(H,28,30). The molecule has 0 aliphatic heterocycles. The molecule has 1 amide bonds. The first-order chi connectivity index (χ1) is 15.3. The van der Waals surface area contributed by atoms with E-state index in [4.69, 9.17) is 32.7 Å². The highest BCUT2D eigenvalue weighted by Gasteiger charge is 2.21. The molecule has 0 radical (unpaired) electrons. The fourth-order valence-electron chi connectivity index (χ4n) is 2.97. The molecule has 0 aliphatic rings. The molecule has 0 saturated carbocycles. The van der Waals surface area contributed by atoms with E-state index in [1.807, 2.05) is 62.4 Å². The summed E-state index contributed by atoms with van der Waals surface area (Å²) >= 11 is 12.6. The van der Waals surface area contributed by atoms with Gasteiger partial charge in [-0.15, -0.1) is 0 Å². The number of hydrogen-bond acceptors (Lipinski definition) is 5. The van der Waals surface area contributed by atoms with Crippen LogP contribution >= 0.6 is 23.2 Å². The van der Waals surface area contributed by atoms with Crippen LogP contribution in [-0.4, -0.2) is 23.8 Å². The van der Waals surface area contributed by atoms with Crippen molar-refractivity contribution < 1.29 is 19.4 Å². The van der Waals surface area contributed by atoms with E-state index in [1.54, 1.807) is 6.92 Å². The minimum absolute atomic E-state index is 0.0801. The zero-order valence-electron chi connectivity index (χ0n) is 17.9. The lowest BCUT2D eigenvalue weighted by Gasteiger charge is -2.19. The molecule has 1 atom stereocenters. The van der Waals surface area contributed by atoms with Crippen molar-refractivity contribution in [1.29, 1.82) is 0 Å². The zero-order chi connectivity index (χ0) is 23.3. The molecule has 3 aromatic rings. The third-order valence-corrected chi connectivity index (χ3v) is 5.35. The number of benzene rings is 3. The Labute approximate surface area is 197 Å². The Balaban J connectivity index is 1.66. The summed E-state index contributed by atoms with van der Waals surface area (Å²) in [6.45, 7) is 5.59. The van der Waals surface area contributed by atoms with Gasteiger partial charge < -0.3 is 25.2 Å². The van der Waals surface area contributed by atoms with E-state index >= 15 is 0 Å². The quantitative estimate of drug-likeness (QED) is 0.268. The monoisotopic (exact) mass is 474 g/mol. The molecule has 3 N–H and O–H groups in total. The number of aryl methyl sites for hydroxylation is 2. The highest BCUT2D eigenvalue weighted by atomic mass is 35.5. The molecule has 168 valence electrons. The number of para-hydroxylation sites is 1. The van der Waals surface area contributed by atoms with Gasteiger partial charge in [0, 0.05) is 0 Å². The van der Waals surface area contributed by atoms with Crippen LogP contribution < -0.4 is 20.1 Å². The average molecular weight is 475 g/mol. The topological polar surface area (TPSA) is 79.8 Å². The molecule has 0 spiro atoms. The Morgan fingerprint density at radius 2 is 1.81 bits per heavy atom. The van der Waals surface area contributed by atoms with E-state index in [-0.39, 0.29) is 33.9 Å². The van der Waals surface area contributed by atoms with Crippen LogP contribution in [0.15, 0.2) is 54.6 Å². The Hall–Kier alpha value is -3.09. The van der Waals surface area contributed by atoms with Crippen LogP contribution in [-0.2, 0) is 4.79 Å². The highest BCUT2D eigenvalue weighted by Crippen LogP contribution is 2.43. The van der Waals surface area contributed by atoms with Crippen molar-refractivity contribution in [1.82, 2.24) is 0 Å². The molecule has 0 fully saturated rings. The summed E-state index contributed by atoms with van der Waals surface area (Å²) in [7, 11) is 0. The number of amides is 1. The molecule has 6 nitrogen and oxygen atoms in total. The van der Waals surface area contributed by atoms with Gasteiger partial charge in [-0.3, -0.25) is 4.79 Å². The number of ether oxygens (including phenoxy) is 2. The van der Waals surface area contributed by atoms with Crippen molar-refractivity contribution in [2.75, 3.05) is 17.4 Å². The molecule has 0 heterocycles. The second-order valence-electron chi connectivity index (χ2n) is 7.24. The number of carbonyl (C=O) groups is 1. The molecule has 8 heteroatoms. The second-order valence-corrected chi connectivity index (χ2v) is 8.03. The van der Waals surface area contributed by atoms with Gasteiger partial charge in [0.25, 0.3) is 5.91 Å². The number of phenols is 1. The molecular weight excluding hydrogens is 451 g/mol. The minimum Gasteiger partial charge on any atom is -0.504 e. The molecular formula is C24H24Cl2N2O4. The lowest BCUT2D eigenvalue weighted by atomic mass is 10.1. The van der Waals surface area contributed by atoms with Crippen molar-refractivity contribution in [3.05, 3.63) is 75.8 Å². The van der Waals surface area contributed by atoms with E-state index < -0.39 is 12.0 Å². The van der Waals surface area contributed by atoms with Gasteiger partial charge >= 0.3 is 0 Å². The molecule has 3 rings (SSSR count). The van der Waals surface area contributed by atoms with Gasteiger partial charge in [0.2, 0.25) is 0 Å². The molecule has 3 aromatic carbocycles. The van der Waals surface area contributed by atoms with Gasteiger partial charge in [-0.1, -0.05) is 59.1 Å². The maximum Gasteiger partial charge on any atom is 0.265 e. The van der Waals surface area contributed by atoms with Gasteiger partial charge in [0.1, 0.15) is 16.5 Å². The Kier molecular flexibility index (Phi) is 7.72. The second kappa shape index (κ2) is 10.5. The first-order valence-electron chi connectivity index (χ1n) is 9.93.